The number of nitrogens with one attached hydrogen (secondary N) is 1. The third-order valence-electron chi connectivity index (χ3n) is 4.75. The van der Waals surface area contributed by atoms with Crippen LogP contribution in [-0.4, -0.2) is 40.5 Å². The standard InChI is InChI=1S/C21H21ClN4O4S/c1-5-19-24-25-21(15-8-18-14(26(15)19)6-11(2)30-18)31-10-20(27)23-13-7-12(22)16(28-3)9-17(13)29-4/h6-9H,5,10H2,1-4H3,(H,23,27). The fraction of sp³-hybridized carbons (Fsp3) is 0.286. The topological polar surface area (TPSA) is 90.9 Å². The van der Waals surface area contributed by atoms with Gasteiger partial charge in [0.05, 0.1) is 41.7 Å². The largest absolute Gasteiger partial charge is 0.495 e. The molecule has 1 amide bonds. The van der Waals surface area contributed by atoms with Gasteiger partial charge in [0.25, 0.3) is 0 Å². The predicted octanol–water partition coefficient (Wildman–Crippen LogP) is 4.75. The summed E-state index contributed by atoms with van der Waals surface area (Å²) in [5.74, 6) is 2.49. The van der Waals surface area contributed by atoms with E-state index >= 15 is 0 Å². The maximum atomic E-state index is 12.6. The molecule has 4 aromatic rings. The van der Waals surface area contributed by atoms with Gasteiger partial charge in [0, 0.05) is 24.6 Å². The van der Waals surface area contributed by atoms with Gasteiger partial charge in [0.1, 0.15) is 28.1 Å². The minimum absolute atomic E-state index is 0.133. The van der Waals surface area contributed by atoms with Crippen LogP contribution in [0.25, 0.3) is 16.6 Å². The Hall–Kier alpha value is -2.91. The monoisotopic (exact) mass is 460 g/mol. The zero-order valence-corrected chi connectivity index (χ0v) is 19.1. The second kappa shape index (κ2) is 8.68. The van der Waals surface area contributed by atoms with Gasteiger partial charge >= 0.3 is 0 Å². The molecule has 1 aromatic carbocycles. The number of fused-ring (bicyclic) bond motifs is 3. The van der Waals surface area contributed by atoms with Crippen LogP contribution in [0.5, 0.6) is 11.5 Å². The second-order valence-corrected chi connectivity index (χ2v) is 8.14. The molecule has 3 aromatic heterocycles. The lowest BCUT2D eigenvalue weighted by atomic mass is 10.2. The number of thioether (sulfide) groups is 1. The first kappa shape index (κ1) is 21.3. The average Bonchev–Trinajstić information content (AvgIpc) is 3.28. The molecular weight excluding hydrogens is 440 g/mol. The van der Waals surface area contributed by atoms with Crippen molar-refractivity contribution >= 4 is 51.6 Å². The lowest BCUT2D eigenvalue weighted by Gasteiger charge is -2.13. The van der Waals surface area contributed by atoms with Crippen LogP contribution in [0.3, 0.4) is 0 Å². The number of methoxy groups -OCH3 is 2. The SMILES string of the molecule is CCc1nnc(SCC(=O)Nc2cc(Cl)c(OC)cc2OC)c2cc3oc(C)cc3n12. The van der Waals surface area contributed by atoms with E-state index in [9.17, 15) is 4.79 Å². The molecule has 31 heavy (non-hydrogen) atoms. The molecule has 0 bridgehead atoms. The Morgan fingerprint density at radius 2 is 1.94 bits per heavy atom. The van der Waals surface area contributed by atoms with Crippen LogP contribution in [0.4, 0.5) is 5.69 Å². The summed E-state index contributed by atoms with van der Waals surface area (Å²) in [4.78, 5) is 12.6. The summed E-state index contributed by atoms with van der Waals surface area (Å²) in [7, 11) is 3.03. The van der Waals surface area contributed by atoms with Crippen LogP contribution in [0.1, 0.15) is 18.5 Å². The molecule has 1 N–H and O–H groups in total. The first-order valence-electron chi connectivity index (χ1n) is 9.56. The molecule has 0 aliphatic rings. The van der Waals surface area contributed by atoms with Crippen molar-refractivity contribution in [3.63, 3.8) is 0 Å². The lowest BCUT2D eigenvalue weighted by molar-refractivity contribution is -0.113. The molecule has 4 rings (SSSR count). The Morgan fingerprint density at radius 1 is 1.16 bits per heavy atom. The number of rotatable bonds is 7. The van der Waals surface area contributed by atoms with E-state index in [1.54, 1.807) is 12.1 Å². The highest BCUT2D eigenvalue weighted by Gasteiger charge is 2.18. The van der Waals surface area contributed by atoms with E-state index in [0.717, 1.165) is 34.6 Å². The van der Waals surface area contributed by atoms with Crippen LogP contribution in [-0.2, 0) is 11.2 Å². The lowest BCUT2D eigenvalue weighted by Crippen LogP contribution is -2.15. The van der Waals surface area contributed by atoms with Crippen molar-refractivity contribution in [2.75, 3.05) is 25.3 Å². The van der Waals surface area contributed by atoms with E-state index in [2.05, 4.69) is 15.5 Å². The quantitative estimate of drug-likeness (QED) is 0.398. The van der Waals surface area contributed by atoms with Gasteiger partial charge in [-0.3, -0.25) is 9.20 Å². The van der Waals surface area contributed by atoms with Gasteiger partial charge in [-0.05, 0) is 13.0 Å². The molecular formula is C21H21ClN4O4S. The molecule has 3 heterocycles. The minimum atomic E-state index is -0.227. The van der Waals surface area contributed by atoms with Crippen molar-refractivity contribution in [1.29, 1.82) is 0 Å². The van der Waals surface area contributed by atoms with Gasteiger partial charge in [0.2, 0.25) is 5.91 Å². The number of hydrogen-bond donors (Lipinski definition) is 1. The number of hydrogen-bond acceptors (Lipinski definition) is 7. The van der Waals surface area contributed by atoms with Crippen molar-refractivity contribution in [2.45, 2.75) is 25.3 Å². The second-order valence-electron chi connectivity index (χ2n) is 6.77. The van der Waals surface area contributed by atoms with Crippen LogP contribution in [0.2, 0.25) is 5.02 Å². The van der Waals surface area contributed by atoms with Crippen LogP contribution < -0.4 is 14.8 Å². The summed E-state index contributed by atoms with van der Waals surface area (Å²) in [5, 5.41) is 12.5. The smallest absolute Gasteiger partial charge is 0.234 e. The highest BCUT2D eigenvalue weighted by atomic mass is 35.5. The molecule has 0 aliphatic carbocycles. The normalized spacial score (nSPS) is 11.3. The summed E-state index contributed by atoms with van der Waals surface area (Å²) in [6.45, 7) is 3.93. The van der Waals surface area contributed by atoms with Crippen molar-refractivity contribution in [3.05, 3.63) is 40.9 Å². The molecule has 0 aliphatic heterocycles. The Morgan fingerprint density at radius 3 is 2.65 bits per heavy atom. The molecule has 0 radical (unpaired) electrons. The van der Waals surface area contributed by atoms with Crippen molar-refractivity contribution in [2.24, 2.45) is 0 Å². The fourth-order valence-corrected chi connectivity index (χ4v) is 4.34. The van der Waals surface area contributed by atoms with Gasteiger partial charge in [-0.25, -0.2) is 0 Å². The van der Waals surface area contributed by atoms with Crippen molar-refractivity contribution < 1.29 is 18.7 Å². The highest BCUT2D eigenvalue weighted by Crippen LogP contribution is 2.36. The Kier molecular flexibility index (Phi) is 5.97. The molecule has 162 valence electrons. The number of aromatic nitrogens is 3. The van der Waals surface area contributed by atoms with Crippen molar-refractivity contribution in [1.82, 2.24) is 14.6 Å². The Balaban J connectivity index is 1.56. The number of furan rings is 1. The van der Waals surface area contributed by atoms with Gasteiger partial charge < -0.3 is 19.2 Å². The van der Waals surface area contributed by atoms with Crippen LogP contribution >= 0.6 is 23.4 Å². The van der Waals surface area contributed by atoms with Crippen LogP contribution in [0, 0.1) is 6.92 Å². The number of benzene rings is 1. The summed E-state index contributed by atoms with van der Waals surface area (Å²) < 4.78 is 18.3. The fourth-order valence-electron chi connectivity index (χ4n) is 3.36. The van der Waals surface area contributed by atoms with Crippen LogP contribution in [0.15, 0.2) is 33.7 Å². The van der Waals surface area contributed by atoms with Gasteiger partial charge in [-0.15, -0.1) is 10.2 Å². The van der Waals surface area contributed by atoms with E-state index in [1.165, 1.54) is 26.0 Å². The molecule has 0 saturated carbocycles. The van der Waals surface area contributed by atoms with E-state index in [4.69, 9.17) is 25.5 Å². The number of anilines is 1. The number of amides is 1. The minimum Gasteiger partial charge on any atom is -0.495 e. The van der Waals surface area contributed by atoms with Gasteiger partial charge in [0.15, 0.2) is 5.58 Å². The number of halogens is 1. The predicted molar refractivity (Wildman–Crippen MR) is 121 cm³/mol. The number of ether oxygens (including phenoxy) is 2. The Bertz CT molecular complexity index is 1280. The average molecular weight is 461 g/mol. The molecule has 0 unspecified atom stereocenters. The maximum absolute atomic E-state index is 12.6. The molecule has 0 saturated heterocycles. The third kappa shape index (κ3) is 4.03. The summed E-state index contributed by atoms with van der Waals surface area (Å²) in [5.41, 5.74) is 3.05. The molecule has 0 atom stereocenters. The van der Waals surface area contributed by atoms with Gasteiger partial charge in [-0.1, -0.05) is 30.3 Å². The first-order chi connectivity index (χ1) is 14.9. The number of aryl methyl sites for hydroxylation is 2. The van der Waals surface area contributed by atoms with E-state index < -0.39 is 0 Å². The zero-order chi connectivity index (χ0) is 22.1. The third-order valence-corrected chi connectivity index (χ3v) is 6.02. The van der Waals surface area contributed by atoms with E-state index in [-0.39, 0.29) is 11.7 Å². The summed E-state index contributed by atoms with van der Waals surface area (Å²) >= 11 is 7.48. The van der Waals surface area contributed by atoms with Gasteiger partial charge in [-0.2, -0.15) is 0 Å². The molecule has 8 nitrogen and oxygen atoms in total. The van der Waals surface area contributed by atoms with Crippen molar-refractivity contribution in [3.8, 4) is 11.5 Å². The highest BCUT2D eigenvalue weighted by molar-refractivity contribution is 8.00. The zero-order valence-electron chi connectivity index (χ0n) is 17.5. The Labute approximate surface area is 187 Å². The van der Waals surface area contributed by atoms with E-state index in [1.807, 2.05) is 30.4 Å². The number of carbonyl (C=O) groups is 1. The molecule has 10 heteroatoms. The first-order valence-corrected chi connectivity index (χ1v) is 10.9. The summed E-state index contributed by atoms with van der Waals surface area (Å²) in [6.07, 6.45) is 0.723. The molecule has 0 spiro atoms. The summed E-state index contributed by atoms with van der Waals surface area (Å²) in [6, 6.07) is 7.13. The van der Waals surface area contributed by atoms with E-state index in [0.29, 0.717) is 27.2 Å². The molecule has 0 fully saturated rings. The maximum Gasteiger partial charge on any atom is 0.234 e. The number of nitrogens with zero attached hydrogens (tertiary/aromatic N) is 3. The number of carbonyl (C=O) groups excluding carboxylic acids is 1.